The van der Waals surface area contributed by atoms with E-state index in [-0.39, 0.29) is 0 Å². The second kappa shape index (κ2) is 5.96. The monoisotopic (exact) mass is 243 g/mol. The molecule has 0 saturated carbocycles. The molecule has 0 aromatic heterocycles. The maximum atomic E-state index is 5.73. The van der Waals surface area contributed by atoms with Crippen LogP contribution in [-0.2, 0) is 6.61 Å². The molecule has 0 atom stereocenters. The standard InChI is InChI=1S/C15H15O3/c1-16-13-8-9-14(17-2)15(10-13)18-11-12-6-4-3-5-7-12/h3-7,9-10H,11H2,1-2H3. The fourth-order valence-corrected chi connectivity index (χ4v) is 1.57. The summed E-state index contributed by atoms with van der Waals surface area (Å²) in [5.74, 6) is 1.92. The molecule has 0 saturated heterocycles. The summed E-state index contributed by atoms with van der Waals surface area (Å²) in [7, 11) is 3.20. The van der Waals surface area contributed by atoms with Crippen molar-refractivity contribution >= 4 is 0 Å². The van der Waals surface area contributed by atoms with E-state index in [1.165, 1.54) is 0 Å². The SMILES string of the molecule is COc1[c]cc(OC)c(OCc2ccccc2)c1. The summed E-state index contributed by atoms with van der Waals surface area (Å²) in [6.07, 6.45) is 0. The van der Waals surface area contributed by atoms with Crippen LogP contribution in [0.2, 0.25) is 0 Å². The number of benzene rings is 2. The van der Waals surface area contributed by atoms with Gasteiger partial charge in [0.15, 0.2) is 11.5 Å². The molecule has 0 aliphatic heterocycles. The average molecular weight is 243 g/mol. The average Bonchev–Trinajstić information content (AvgIpc) is 2.45. The summed E-state index contributed by atoms with van der Waals surface area (Å²) >= 11 is 0. The molecule has 2 aromatic carbocycles. The molecular weight excluding hydrogens is 228 g/mol. The minimum atomic E-state index is 0.490. The Morgan fingerprint density at radius 3 is 2.44 bits per heavy atom. The van der Waals surface area contributed by atoms with Crippen LogP contribution in [0.15, 0.2) is 42.5 Å². The molecule has 18 heavy (non-hydrogen) atoms. The molecule has 0 unspecified atom stereocenters. The highest BCUT2D eigenvalue weighted by Gasteiger charge is 2.06. The molecule has 0 bridgehead atoms. The lowest BCUT2D eigenvalue weighted by Crippen LogP contribution is -1.98. The van der Waals surface area contributed by atoms with E-state index in [1.807, 2.05) is 30.3 Å². The molecule has 0 amide bonds. The molecule has 3 heteroatoms. The largest absolute Gasteiger partial charge is 0.496 e. The van der Waals surface area contributed by atoms with Crippen molar-refractivity contribution in [3.05, 3.63) is 54.1 Å². The first kappa shape index (κ1) is 12.3. The quantitative estimate of drug-likeness (QED) is 0.807. The fraction of sp³-hybridized carbons (Fsp3) is 0.200. The Hall–Kier alpha value is -2.16. The Balaban J connectivity index is 2.12. The molecule has 3 nitrogen and oxygen atoms in total. The van der Waals surface area contributed by atoms with Crippen molar-refractivity contribution in [3.8, 4) is 17.2 Å². The molecular formula is C15H15O3. The molecule has 0 aliphatic carbocycles. The van der Waals surface area contributed by atoms with E-state index in [9.17, 15) is 0 Å². The van der Waals surface area contributed by atoms with E-state index in [4.69, 9.17) is 14.2 Å². The van der Waals surface area contributed by atoms with Gasteiger partial charge in [0.1, 0.15) is 12.4 Å². The van der Waals surface area contributed by atoms with Crippen molar-refractivity contribution in [3.63, 3.8) is 0 Å². The predicted molar refractivity (Wildman–Crippen MR) is 69.2 cm³/mol. The first-order chi connectivity index (χ1) is 8.83. The first-order valence-corrected chi connectivity index (χ1v) is 5.64. The zero-order valence-corrected chi connectivity index (χ0v) is 10.5. The van der Waals surface area contributed by atoms with Gasteiger partial charge in [-0.1, -0.05) is 30.3 Å². The molecule has 0 aliphatic rings. The van der Waals surface area contributed by atoms with Gasteiger partial charge in [0.25, 0.3) is 0 Å². The summed E-state index contributed by atoms with van der Waals surface area (Å²) in [5, 5.41) is 0. The Morgan fingerprint density at radius 2 is 1.78 bits per heavy atom. The molecule has 0 N–H and O–H groups in total. The maximum absolute atomic E-state index is 5.73. The lowest BCUT2D eigenvalue weighted by Gasteiger charge is -2.11. The molecule has 0 fully saturated rings. The normalized spacial score (nSPS) is 9.89. The second-order valence-corrected chi connectivity index (χ2v) is 3.71. The highest BCUT2D eigenvalue weighted by atomic mass is 16.5. The van der Waals surface area contributed by atoms with Crippen LogP contribution < -0.4 is 14.2 Å². The topological polar surface area (TPSA) is 27.7 Å². The van der Waals surface area contributed by atoms with Gasteiger partial charge in [0, 0.05) is 12.1 Å². The molecule has 2 rings (SSSR count). The van der Waals surface area contributed by atoms with E-state index in [2.05, 4.69) is 6.07 Å². The van der Waals surface area contributed by atoms with Crippen molar-refractivity contribution in [2.24, 2.45) is 0 Å². The highest BCUT2D eigenvalue weighted by Crippen LogP contribution is 2.31. The van der Waals surface area contributed by atoms with E-state index in [0.717, 1.165) is 5.56 Å². The number of rotatable bonds is 5. The van der Waals surface area contributed by atoms with Crippen LogP contribution in [-0.4, -0.2) is 14.2 Å². The molecule has 0 heterocycles. The molecule has 1 radical (unpaired) electrons. The zero-order valence-electron chi connectivity index (χ0n) is 10.5. The van der Waals surface area contributed by atoms with Gasteiger partial charge in [-0.05, 0) is 11.6 Å². The molecule has 2 aromatic rings. The Kier molecular flexibility index (Phi) is 4.07. The lowest BCUT2D eigenvalue weighted by atomic mass is 10.2. The van der Waals surface area contributed by atoms with Crippen LogP contribution in [0.4, 0.5) is 0 Å². The Morgan fingerprint density at radius 1 is 1.00 bits per heavy atom. The van der Waals surface area contributed by atoms with Crippen molar-refractivity contribution in [2.75, 3.05) is 14.2 Å². The van der Waals surface area contributed by atoms with E-state index >= 15 is 0 Å². The van der Waals surface area contributed by atoms with Crippen LogP contribution in [0.5, 0.6) is 17.2 Å². The van der Waals surface area contributed by atoms with Gasteiger partial charge < -0.3 is 14.2 Å². The smallest absolute Gasteiger partial charge is 0.165 e. The predicted octanol–water partition coefficient (Wildman–Crippen LogP) is 3.08. The maximum Gasteiger partial charge on any atom is 0.165 e. The minimum absolute atomic E-state index is 0.490. The van der Waals surface area contributed by atoms with Crippen molar-refractivity contribution < 1.29 is 14.2 Å². The van der Waals surface area contributed by atoms with Crippen LogP contribution in [0.25, 0.3) is 0 Å². The third-order valence-electron chi connectivity index (χ3n) is 2.53. The van der Waals surface area contributed by atoms with Crippen molar-refractivity contribution in [1.82, 2.24) is 0 Å². The summed E-state index contributed by atoms with van der Waals surface area (Å²) in [6, 6.07) is 16.4. The Labute approximate surface area is 107 Å². The zero-order chi connectivity index (χ0) is 12.8. The molecule has 0 spiro atoms. The van der Waals surface area contributed by atoms with Gasteiger partial charge in [-0.25, -0.2) is 0 Å². The Bertz CT molecular complexity index is 494. The van der Waals surface area contributed by atoms with Gasteiger partial charge >= 0.3 is 0 Å². The minimum Gasteiger partial charge on any atom is -0.496 e. The van der Waals surface area contributed by atoms with Gasteiger partial charge in [-0.15, -0.1) is 0 Å². The van der Waals surface area contributed by atoms with Gasteiger partial charge in [-0.2, -0.15) is 0 Å². The van der Waals surface area contributed by atoms with E-state index in [0.29, 0.717) is 23.9 Å². The second-order valence-electron chi connectivity index (χ2n) is 3.71. The van der Waals surface area contributed by atoms with E-state index in [1.54, 1.807) is 26.4 Å². The number of hydrogen-bond acceptors (Lipinski definition) is 3. The third kappa shape index (κ3) is 2.94. The van der Waals surface area contributed by atoms with Crippen molar-refractivity contribution in [2.45, 2.75) is 6.61 Å². The van der Waals surface area contributed by atoms with Gasteiger partial charge in [-0.3, -0.25) is 0 Å². The summed E-state index contributed by atoms with van der Waals surface area (Å²) in [4.78, 5) is 0. The van der Waals surface area contributed by atoms with Gasteiger partial charge in [0.2, 0.25) is 0 Å². The van der Waals surface area contributed by atoms with Crippen LogP contribution >= 0.6 is 0 Å². The van der Waals surface area contributed by atoms with Crippen LogP contribution in [0.1, 0.15) is 5.56 Å². The summed E-state index contributed by atoms with van der Waals surface area (Å²) in [6.45, 7) is 0.490. The van der Waals surface area contributed by atoms with Crippen molar-refractivity contribution in [1.29, 1.82) is 0 Å². The highest BCUT2D eigenvalue weighted by molar-refractivity contribution is 5.44. The van der Waals surface area contributed by atoms with Gasteiger partial charge in [0.05, 0.1) is 14.2 Å². The number of ether oxygens (including phenoxy) is 3. The first-order valence-electron chi connectivity index (χ1n) is 5.64. The lowest BCUT2D eigenvalue weighted by molar-refractivity contribution is 0.282. The van der Waals surface area contributed by atoms with Crippen LogP contribution in [0.3, 0.4) is 0 Å². The summed E-state index contributed by atoms with van der Waals surface area (Å²) < 4.78 is 16.1. The van der Waals surface area contributed by atoms with Crippen LogP contribution in [0, 0.1) is 6.07 Å². The number of methoxy groups -OCH3 is 2. The summed E-state index contributed by atoms with van der Waals surface area (Å²) in [5.41, 5.74) is 1.10. The number of hydrogen-bond donors (Lipinski definition) is 0. The van der Waals surface area contributed by atoms with E-state index < -0.39 is 0 Å². The molecule has 93 valence electrons. The third-order valence-corrected chi connectivity index (χ3v) is 2.53. The fourth-order valence-electron chi connectivity index (χ4n) is 1.57.